The Balaban J connectivity index is 1.12. The van der Waals surface area contributed by atoms with Crippen LogP contribution in [0, 0.1) is 0 Å². The van der Waals surface area contributed by atoms with Gasteiger partial charge < -0.3 is 20.4 Å². The average Bonchev–Trinajstić information content (AvgIpc) is 3.33. The maximum atomic E-state index is 12.4. The molecule has 0 fully saturated rings. The Morgan fingerprint density at radius 3 is 2.67 bits per heavy atom. The fourth-order valence-corrected chi connectivity index (χ4v) is 5.39. The van der Waals surface area contributed by atoms with Crippen LogP contribution in [0.4, 0.5) is 5.69 Å². The van der Waals surface area contributed by atoms with Gasteiger partial charge in [-0.15, -0.1) is 0 Å². The molecule has 0 radical (unpaired) electrons. The highest BCUT2D eigenvalue weighted by Crippen LogP contribution is 2.33. The molecule has 188 valence electrons. The largest absolute Gasteiger partial charge is 0.468 e. The van der Waals surface area contributed by atoms with E-state index in [0.717, 1.165) is 67.2 Å². The summed E-state index contributed by atoms with van der Waals surface area (Å²) in [5.41, 5.74) is 7.29. The van der Waals surface area contributed by atoms with Gasteiger partial charge >= 0.3 is 5.97 Å². The van der Waals surface area contributed by atoms with Crippen LogP contribution in [0.15, 0.2) is 54.7 Å². The molecule has 0 bridgehead atoms. The first-order chi connectivity index (χ1) is 17.7. The molecule has 0 spiro atoms. The van der Waals surface area contributed by atoms with Crippen LogP contribution in [0.25, 0.3) is 21.8 Å². The molecule has 6 heteroatoms. The maximum absolute atomic E-state index is 12.4. The van der Waals surface area contributed by atoms with Gasteiger partial charge in [0.2, 0.25) is 0 Å². The van der Waals surface area contributed by atoms with E-state index in [4.69, 9.17) is 9.72 Å². The van der Waals surface area contributed by atoms with E-state index < -0.39 is 0 Å². The van der Waals surface area contributed by atoms with Crippen molar-refractivity contribution in [2.24, 2.45) is 0 Å². The highest BCUT2D eigenvalue weighted by atomic mass is 16.5. The first kappa shape index (κ1) is 24.3. The Hall–Kier alpha value is -3.38. The number of hydrogen-bond donors (Lipinski definition) is 3. The van der Waals surface area contributed by atoms with E-state index in [-0.39, 0.29) is 12.0 Å². The standard InChI is InChI=1S/C30H36N4O2/c1-36-30(35)28(19-21-20-33-25-14-6-3-11-22(21)25)31-17-9-2-10-18-32-29-23-12-4-7-15-26(23)34-27-16-8-5-13-24(27)29/h3-4,6-7,11-12,14-15,20,28,31,33H,2,5,8-10,13,16-19H2,1H3,(H,32,34)/t28-/m0/s1. The minimum Gasteiger partial charge on any atom is -0.468 e. The lowest BCUT2D eigenvalue weighted by Crippen LogP contribution is -2.40. The minimum atomic E-state index is -0.345. The van der Waals surface area contributed by atoms with Gasteiger partial charge in [0.05, 0.1) is 12.6 Å². The number of esters is 1. The zero-order valence-electron chi connectivity index (χ0n) is 21.1. The van der Waals surface area contributed by atoms with Crippen molar-refractivity contribution in [3.8, 4) is 0 Å². The predicted octanol–water partition coefficient (Wildman–Crippen LogP) is 5.55. The number of nitrogens with zero attached hydrogens (tertiary/aromatic N) is 1. The summed E-state index contributed by atoms with van der Waals surface area (Å²) >= 11 is 0. The van der Waals surface area contributed by atoms with Crippen molar-refractivity contribution in [3.05, 3.63) is 71.5 Å². The van der Waals surface area contributed by atoms with Crippen molar-refractivity contribution in [1.82, 2.24) is 15.3 Å². The van der Waals surface area contributed by atoms with Gasteiger partial charge in [-0.05, 0) is 68.3 Å². The lowest BCUT2D eigenvalue weighted by atomic mass is 9.92. The number of fused-ring (bicyclic) bond motifs is 3. The van der Waals surface area contributed by atoms with E-state index in [1.165, 1.54) is 42.3 Å². The van der Waals surface area contributed by atoms with E-state index in [1.54, 1.807) is 0 Å². The highest BCUT2D eigenvalue weighted by Gasteiger charge is 2.21. The van der Waals surface area contributed by atoms with Crippen LogP contribution in [0.1, 0.15) is 48.9 Å². The summed E-state index contributed by atoms with van der Waals surface area (Å²) < 4.78 is 5.07. The first-order valence-electron chi connectivity index (χ1n) is 13.2. The van der Waals surface area contributed by atoms with Crippen molar-refractivity contribution in [2.75, 3.05) is 25.5 Å². The Bertz CT molecular complexity index is 1330. The number of anilines is 1. The van der Waals surface area contributed by atoms with Crippen LogP contribution in [0.3, 0.4) is 0 Å². The van der Waals surface area contributed by atoms with Gasteiger partial charge in [-0.1, -0.05) is 42.8 Å². The number of aromatic amines is 1. The fraction of sp³-hybridized carbons (Fsp3) is 0.400. The maximum Gasteiger partial charge on any atom is 0.323 e. The molecular formula is C30H36N4O2. The van der Waals surface area contributed by atoms with Gasteiger partial charge in [-0.3, -0.25) is 9.78 Å². The number of aryl methyl sites for hydroxylation is 1. The molecule has 0 amide bonds. The molecular weight excluding hydrogens is 448 g/mol. The number of H-pyrrole nitrogens is 1. The second-order valence-electron chi connectivity index (χ2n) is 9.72. The summed E-state index contributed by atoms with van der Waals surface area (Å²) in [6.07, 6.45) is 10.5. The number of nitrogens with one attached hydrogen (secondary N) is 3. The molecule has 0 unspecified atom stereocenters. The van der Waals surface area contributed by atoms with Crippen LogP contribution >= 0.6 is 0 Å². The topological polar surface area (TPSA) is 79.0 Å². The number of aromatic nitrogens is 2. The smallest absolute Gasteiger partial charge is 0.323 e. The van der Waals surface area contributed by atoms with E-state index in [1.807, 2.05) is 18.3 Å². The first-order valence-corrected chi connectivity index (χ1v) is 13.2. The molecule has 1 aliphatic carbocycles. The summed E-state index contributed by atoms with van der Waals surface area (Å²) in [4.78, 5) is 20.6. The van der Waals surface area contributed by atoms with Crippen LogP contribution in [0.2, 0.25) is 0 Å². The number of unbranched alkanes of at least 4 members (excludes halogenated alkanes) is 2. The van der Waals surface area contributed by atoms with Crippen LogP contribution in [-0.4, -0.2) is 42.2 Å². The zero-order valence-corrected chi connectivity index (χ0v) is 21.1. The Morgan fingerprint density at radius 2 is 1.78 bits per heavy atom. The van der Waals surface area contributed by atoms with Crippen LogP contribution in [-0.2, 0) is 28.8 Å². The highest BCUT2D eigenvalue weighted by molar-refractivity contribution is 5.93. The minimum absolute atomic E-state index is 0.212. The van der Waals surface area contributed by atoms with Crippen LogP contribution in [0.5, 0.6) is 0 Å². The monoisotopic (exact) mass is 484 g/mol. The number of carbonyl (C=O) groups excluding carboxylic acids is 1. The van der Waals surface area contributed by atoms with Gasteiger partial charge in [0.1, 0.15) is 6.04 Å². The van der Waals surface area contributed by atoms with Crippen molar-refractivity contribution >= 4 is 33.5 Å². The van der Waals surface area contributed by atoms with Crippen molar-refractivity contribution in [1.29, 1.82) is 0 Å². The van der Waals surface area contributed by atoms with Gasteiger partial charge in [-0.2, -0.15) is 0 Å². The molecule has 0 saturated carbocycles. The van der Waals surface area contributed by atoms with Gasteiger partial charge in [0.15, 0.2) is 0 Å². The summed E-state index contributed by atoms with van der Waals surface area (Å²) in [6.45, 7) is 1.73. The molecule has 36 heavy (non-hydrogen) atoms. The number of pyridine rings is 1. The number of hydrogen-bond acceptors (Lipinski definition) is 5. The zero-order chi connectivity index (χ0) is 24.7. The molecule has 0 aliphatic heterocycles. The number of rotatable bonds is 11. The third-order valence-corrected chi connectivity index (χ3v) is 7.30. The predicted molar refractivity (Wildman–Crippen MR) is 147 cm³/mol. The van der Waals surface area contributed by atoms with Gasteiger partial charge in [0.25, 0.3) is 0 Å². The number of carbonyl (C=O) groups is 1. The molecule has 2 heterocycles. The number of benzene rings is 2. The van der Waals surface area contributed by atoms with E-state index >= 15 is 0 Å². The summed E-state index contributed by atoms with van der Waals surface area (Å²) in [5, 5.41) is 9.57. The third-order valence-electron chi connectivity index (χ3n) is 7.30. The Labute approximate surface area is 212 Å². The second-order valence-corrected chi connectivity index (χ2v) is 9.72. The lowest BCUT2D eigenvalue weighted by molar-refractivity contribution is -0.143. The fourth-order valence-electron chi connectivity index (χ4n) is 5.39. The van der Waals surface area contributed by atoms with E-state index in [9.17, 15) is 4.79 Å². The quantitative estimate of drug-likeness (QED) is 0.192. The van der Waals surface area contributed by atoms with Gasteiger partial charge in [0, 0.05) is 46.8 Å². The second kappa shape index (κ2) is 11.6. The van der Waals surface area contributed by atoms with E-state index in [0.29, 0.717) is 6.42 Å². The lowest BCUT2D eigenvalue weighted by Gasteiger charge is -2.21. The normalized spacial score (nSPS) is 14.0. The SMILES string of the molecule is COC(=O)[C@H](Cc1c[nH]c2ccccc12)NCCCCCNc1c2c(nc3ccccc13)CCCC2. The molecule has 1 atom stereocenters. The number of para-hydroxylation sites is 2. The molecule has 2 aromatic heterocycles. The Kier molecular flexibility index (Phi) is 7.82. The average molecular weight is 485 g/mol. The summed E-state index contributed by atoms with van der Waals surface area (Å²) in [7, 11) is 1.46. The van der Waals surface area contributed by atoms with E-state index in [2.05, 4.69) is 52.0 Å². The molecule has 6 nitrogen and oxygen atoms in total. The molecule has 4 aromatic rings. The molecule has 1 aliphatic rings. The molecule has 0 saturated heterocycles. The van der Waals surface area contributed by atoms with Crippen molar-refractivity contribution < 1.29 is 9.53 Å². The van der Waals surface area contributed by atoms with Crippen molar-refractivity contribution in [3.63, 3.8) is 0 Å². The van der Waals surface area contributed by atoms with Crippen molar-refractivity contribution in [2.45, 2.75) is 57.4 Å². The third kappa shape index (κ3) is 5.39. The molecule has 5 rings (SSSR count). The molecule has 2 aromatic carbocycles. The molecule has 3 N–H and O–H groups in total. The number of methoxy groups -OCH3 is 1. The van der Waals surface area contributed by atoms with Gasteiger partial charge in [-0.25, -0.2) is 0 Å². The Morgan fingerprint density at radius 1 is 1.00 bits per heavy atom. The number of ether oxygens (including phenoxy) is 1. The summed E-state index contributed by atoms with van der Waals surface area (Å²) in [6, 6.07) is 16.3. The van der Waals surface area contributed by atoms with Crippen LogP contribution < -0.4 is 10.6 Å². The summed E-state index contributed by atoms with van der Waals surface area (Å²) in [5.74, 6) is -0.212.